The van der Waals surface area contributed by atoms with Gasteiger partial charge in [0, 0.05) is 75.6 Å². The van der Waals surface area contributed by atoms with Crippen LogP contribution in [0.4, 0.5) is 0 Å². The fourth-order valence-electron chi connectivity index (χ4n) is 9.42. The molecule has 0 spiro atoms. The van der Waals surface area contributed by atoms with E-state index in [9.17, 15) is 0 Å². The van der Waals surface area contributed by atoms with Gasteiger partial charge in [-0.15, -0.1) is 0 Å². The molecular formula is C75H61N17. The third-order valence-electron chi connectivity index (χ3n) is 13.6. The first kappa shape index (κ1) is 61.2. The minimum atomic E-state index is 0.604. The van der Waals surface area contributed by atoms with Crippen molar-refractivity contribution in [2.45, 2.75) is 34.6 Å². The van der Waals surface area contributed by atoms with Crippen molar-refractivity contribution in [1.82, 2.24) is 84.3 Å². The average Bonchev–Trinajstić information content (AvgIpc) is 1.67. The number of hydrogen-bond acceptors (Lipinski definition) is 16. The van der Waals surface area contributed by atoms with Crippen LogP contribution < -0.4 is 0 Å². The van der Waals surface area contributed by atoms with Gasteiger partial charge in [-0.2, -0.15) is 0 Å². The lowest BCUT2D eigenvalue weighted by Gasteiger charge is -2.05. The zero-order valence-corrected chi connectivity index (χ0v) is 51.2. The molecule has 8 heterocycles. The first-order valence-electron chi connectivity index (χ1n) is 29.6. The van der Waals surface area contributed by atoms with E-state index < -0.39 is 0 Å². The third kappa shape index (κ3) is 16.4. The maximum atomic E-state index is 4.55. The molecule has 8 aromatic heterocycles. The Balaban J connectivity index is 0.000000118. The molecule has 0 radical (unpaired) electrons. The second kappa shape index (κ2) is 30.4. The van der Waals surface area contributed by atoms with Gasteiger partial charge in [-0.25, -0.2) is 64.8 Å². The molecule has 446 valence electrons. The van der Waals surface area contributed by atoms with Crippen LogP contribution in [0.1, 0.15) is 29.1 Å². The highest BCUT2D eigenvalue weighted by Gasteiger charge is 2.13. The average molecular weight is 1200 g/mol. The number of rotatable bonds is 9. The first-order valence-corrected chi connectivity index (χ1v) is 29.6. The zero-order valence-electron chi connectivity index (χ0n) is 51.2. The fraction of sp³-hybridized carbons (Fsp3) is 0.0667. The van der Waals surface area contributed by atoms with Crippen LogP contribution in [0.15, 0.2) is 280 Å². The zero-order chi connectivity index (χ0) is 63.3. The molecule has 15 aromatic rings. The Hall–Kier alpha value is -12.5. The third-order valence-corrected chi connectivity index (χ3v) is 13.6. The topological polar surface area (TPSA) is 211 Å². The summed E-state index contributed by atoms with van der Waals surface area (Å²) in [5, 5.41) is 0. The number of imidazole rings is 1. The van der Waals surface area contributed by atoms with E-state index in [1.807, 2.05) is 265 Å². The molecule has 17 nitrogen and oxygen atoms in total. The van der Waals surface area contributed by atoms with E-state index in [-0.39, 0.29) is 0 Å². The summed E-state index contributed by atoms with van der Waals surface area (Å²) in [7, 11) is 0. The highest BCUT2D eigenvalue weighted by Crippen LogP contribution is 2.25. The molecule has 0 amide bonds. The van der Waals surface area contributed by atoms with Crippen LogP contribution in [0.2, 0.25) is 0 Å². The molecule has 0 fully saturated rings. The van der Waals surface area contributed by atoms with Gasteiger partial charge in [-0.1, -0.05) is 188 Å². The lowest BCUT2D eigenvalue weighted by atomic mass is 10.2. The molecule has 15 rings (SSSR count). The molecule has 0 saturated carbocycles. The van der Waals surface area contributed by atoms with E-state index in [0.717, 1.165) is 73.0 Å². The summed E-state index contributed by atoms with van der Waals surface area (Å²) >= 11 is 0. The van der Waals surface area contributed by atoms with Gasteiger partial charge in [-0.3, -0.25) is 19.5 Å². The number of para-hydroxylation sites is 3. The number of nitrogens with zero attached hydrogens (tertiary/aromatic N) is 17. The predicted molar refractivity (Wildman–Crippen MR) is 361 cm³/mol. The second-order valence-electron chi connectivity index (χ2n) is 20.5. The first-order chi connectivity index (χ1) is 45.2. The molecule has 92 heavy (non-hydrogen) atoms. The van der Waals surface area contributed by atoms with E-state index in [2.05, 4.69) is 103 Å². The van der Waals surface area contributed by atoms with Crippen LogP contribution in [0, 0.1) is 34.6 Å². The van der Waals surface area contributed by atoms with Gasteiger partial charge < -0.3 is 0 Å². The van der Waals surface area contributed by atoms with Gasteiger partial charge in [0.15, 0.2) is 46.6 Å². The smallest absolute Gasteiger partial charge is 0.182 e. The number of pyridine rings is 3. The van der Waals surface area contributed by atoms with Crippen LogP contribution >= 0.6 is 0 Å². The summed E-state index contributed by atoms with van der Waals surface area (Å²) in [5.74, 6) is 9.27. The summed E-state index contributed by atoms with van der Waals surface area (Å²) in [6.07, 6.45) is 8.68. The SMILES string of the molecule is Cc1nc(-c2ccccc2)nc(-c2ccccc2)n1.Cc1nc(-c2ccccc2)nc(-c2ccccn2)n1.Cc1nc(-c2ccccc2)nc(-c2cccnc2)n1.Cc1nc(-c2ccccc2)nc(-c2ccncc2)n1.Cc1nc2ccccc2n1-c1ccccc1. The van der Waals surface area contributed by atoms with Crippen molar-refractivity contribution >= 4 is 11.0 Å². The van der Waals surface area contributed by atoms with Gasteiger partial charge in [0.1, 0.15) is 34.8 Å². The molecule has 0 N–H and O–H groups in total. The highest BCUT2D eigenvalue weighted by atomic mass is 15.1. The predicted octanol–water partition coefficient (Wildman–Crippen LogP) is 15.6. The van der Waals surface area contributed by atoms with E-state index in [4.69, 9.17) is 0 Å². The maximum Gasteiger partial charge on any atom is 0.182 e. The standard InChI is InChI=1S/C16H13N3.3C15H12N4.C14H12N2/c1-12-17-15(13-8-4-2-5-9-13)19-16(18-12)14-10-6-3-7-11-14;1-11-17-14(12-7-3-2-4-8-12)19-15(18-11)13-9-5-6-10-16-13;1-11-17-14(12-6-3-2-4-7-12)19-15(18-11)13-8-5-9-16-10-13;1-11-17-14(12-5-3-2-4-6-12)19-15(18-11)13-7-9-16-10-8-13;1-11-15-13-9-5-6-10-14(13)16(11)12-7-3-2-4-8-12/h2-11H,1H3;3*2-10H,1H3;2-10H,1H3. The largest absolute Gasteiger partial charge is 0.297 e. The van der Waals surface area contributed by atoms with E-state index in [1.165, 1.54) is 0 Å². The Morgan fingerprint density at radius 3 is 0.967 bits per heavy atom. The molecular weight excluding hydrogens is 1140 g/mol. The normalized spacial score (nSPS) is 10.4. The second-order valence-corrected chi connectivity index (χ2v) is 20.5. The molecule has 0 aliphatic carbocycles. The summed E-state index contributed by atoms with van der Waals surface area (Å²) < 4.78 is 2.18. The quantitative estimate of drug-likeness (QED) is 0.131. The maximum absolute atomic E-state index is 4.55. The van der Waals surface area contributed by atoms with E-state index in [1.54, 1.807) is 31.0 Å². The monoisotopic (exact) mass is 1200 g/mol. The van der Waals surface area contributed by atoms with Gasteiger partial charge in [0.25, 0.3) is 0 Å². The van der Waals surface area contributed by atoms with Gasteiger partial charge in [-0.05, 0) is 95.3 Å². The Morgan fingerprint density at radius 2 is 0.576 bits per heavy atom. The van der Waals surface area contributed by atoms with Crippen molar-refractivity contribution in [2.24, 2.45) is 0 Å². The van der Waals surface area contributed by atoms with Crippen molar-refractivity contribution in [1.29, 1.82) is 0 Å². The number of benzene rings is 7. The molecule has 17 heteroatoms. The van der Waals surface area contributed by atoms with E-state index >= 15 is 0 Å². The van der Waals surface area contributed by atoms with Gasteiger partial charge in [0.2, 0.25) is 0 Å². The highest BCUT2D eigenvalue weighted by molar-refractivity contribution is 5.78. The van der Waals surface area contributed by atoms with Crippen molar-refractivity contribution in [3.63, 3.8) is 0 Å². The minimum Gasteiger partial charge on any atom is -0.297 e. The molecule has 0 unspecified atom stereocenters. The van der Waals surface area contributed by atoms with Crippen molar-refractivity contribution in [3.8, 4) is 96.9 Å². The Kier molecular flexibility index (Phi) is 20.2. The van der Waals surface area contributed by atoms with Crippen molar-refractivity contribution in [3.05, 3.63) is 309 Å². The molecule has 0 aliphatic heterocycles. The number of hydrogen-bond donors (Lipinski definition) is 0. The van der Waals surface area contributed by atoms with Crippen LogP contribution in [0.25, 0.3) is 108 Å². The van der Waals surface area contributed by atoms with E-state index in [0.29, 0.717) is 64.1 Å². The Morgan fingerprint density at radius 1 is 0.239 bits per heavy atom. The number of aromatic nitrogens is 17. The fourth-order valence-corrected chi connectivity index (χ4v) is 9.42. The molecule has 0 atom stereocenters. The van der Waals surface area contributed by atoms with Gasteiger partial charge >= 0.3 is 0 Å². The summed E-state index contributed by atoms with van der Waals surface area (Å²) in [5.41, 5.74) is 10.9. The van der Waals surface area contributed by atoms with Crippen LogP contribution in [0.3, 0.4) is 0 Å². The Bertz CT molecular complexity index is 4040. The molecule has 0 saturated heterocycles. The van der Waals surface area contributed by atoms with Crippen LogP contribution in [-0.2, 0) is 0 Å². The lowest BCUT2D eigenvalue weighted by Crippen LogP contribution is -2.00. The molecule has 7 aromatic carbocycles. The number of aryl methyl sites for hydroxylation is 5. The summed E-state index contributed by atoms with van der Waals surface area (Å²) in [4.78, 5) is 70.1. The van der Waals surface area contributed by atoms with Crippen molar-refractivity contribution < 1.29 is 0 Å². The Labute approximate surface area is 533 Å². The van der Waals surface area contributed by atoms with Gasteiger partial charge in [0.05, 0.1) is 11.0 Å². The molecule has 0 aliphatic rings. The van der Waals surface area contributed by atoms with Crippen LogP contribution in [-0.4, -0.2) is 84.3 Å². The number of fused-ring (bicyclic) bond motifs is 1. The summed E-state index contributed by atoms with van der Waals surface area (Å²) in [6.45, 7) is 9.53. The molecule has 0 bridgehead atoms. The lowest BCUT2D eigenvalue weighted by molar-refractivity contribution is 0.983. The summed E-state index contributed by atoms with van der Waals surface area (Å²) in [6, 6.07) is 81.4. The van der Waals surface area contributed by atoms with Crippen molar-refractivity contribution in [2.75, 3.05) is 0 Å². The minimum absolute atomic E-state index is 0.604. The van der Waals surface area contributed by atoms with Crippen LogP contribution in [0.5, 0.6) is 0 Å².